The van der Waals surface area contributed by atoms with Gasteiger partial charge in [0.15, 0.2) is 16.6 Å². The second kappa shape index (κ2) is 8.43. The van der Waals surface area contributed by atoms with Crippen LogP contribution in [-0.2, 0) is 8.85 Å². The molecule has 0 amide bonds. The zero-order valence-corrected chi connectivity index (χ0v) is 19.1. The maximum Gasteiger partial charge on any atom is 0.192 e. The van der Waals surface area contributed by atoms with Crippen molar-refractivity contribution in [3.8, 4) is 0 Å². The molecule has 0 heterocycles. The van der Waals surface area contributed by atoms with E-state index in [1.807, 2.05) is 6.08 Å². The molecule has 138 valence electrons. The fourth-order valence-electron chi connectivity index (χ4n) is 1.58. The molecule has 5 heteroatoms. The van der Waals surface area contributed by atoms with Gasteiger partial charge in [-0.2, -0.15) is 0 Å². The Kier molecular flexibility index (Phi) is 8.45. The van der Waals surface area contributed by atoms with Gasteiger partial charge in [0.2, 0.25) is 0 Å². The molecule has 0 aromatic carbocycles. The van der Waals surface area contributed by atoms with Crippen LogP contribution in [0.25, 0.3) is 0 Å². The molecule has 0 saturated heterocycles. The van der Waals surface area contributed by atoms with Crippen LogP contribution in [0.5, 0.6) is 0 Å². The van der Waals surface area contributed by atoms with E-state index in [9.17, 15) is 0 Å². The van der Waals surface area contributed by atoms with Crippen LogP contribution in [-0.4, -0.2) is 41.1 Å². The second-order valence-electron chi connectivity index (χ2n) is 9.46. The molecule has 0 aliphatic heterocycles. The van der Waals surface area contributed by atoms with E-state index in [2.05, 4.69) is 67.7 Å². The van der Waals surface area contributed by atoms with Gasteiger partial charge in [-0.05, 0) is 42.7 Å². The number of rotatable bonds is 8. The lowest BCUT2D eigenvalue weighted by atomic mass is 10.2. The van der Waals surface area contributed by atoms with E-state index in [4.69, 9.17) is 14.0 Å². The van der Waals surface area contributed by atoms with Gasteiger partial charge in [-0.1, -0.05) is 53.7 Å². The van der Waals surface area contributed by atoms with Gasteiger partial charge in [-0.3, -0.25) is 0 Å². The third kappa shape index (κ3) is 7.65. The summed E-state index contributed by atoms with van der Waals surface area (Å²) in [6, 6.07) is 0. The van der Waals surface area contributed by atoms with Crippen molar-refractivity contribution in [1.29, 1.82) is 0 Å². The molecule has 0 bridgehead atoms. The molecule has 0 aromatic rings. The summed E-state index contributed by atoms with van der Waals surface area (Å²) in [7, 11) is -3.61. The molecule has 0 unspecified atom stereocenters. The van der Waals surface area contributed by atoms with Crippen molar-refractivity contribution in [2.24, 2.45) is 0 Å². The summed E-state index contributed by atoms with van der Waals surface area (Å²) in [4.78, 5) is 0. The van der Waals surface area contributed by atoms with Gasteiger partial charge < -0.3 is 14.0 Å². The summed E-state index contributed by atoms with van der Waals surface area (Å²) in [6.45, 7) is 23.4. The van der Waals surface area contributed by atoms with Gasteiger partial charge in [-0.15, -0.1) is 0 Å². The minimum atomic E-state index is -1.83. The predicted molar refractivity (Wildman–Crippen MR) is 106 cm³/mol. The summed E-state index contributed by atoms with van der Waals surface area (Å²) in [6.07, 6.45) is 4.65. The largest absolute Gasteiger partial charge is 0.414 e. The summed E-state index contributed by atoms with van der Waals surface area (Å²) in [5, 5.41) is 9.35. The standard InChI is InChI=1S/C18H40O3Si2/c1-17(2,3)22(7,8)20-15-16(13-11-12-14-19)21-23(9,10)18(4,5)6/h11-12,16,19H,13-15H2,1-10H3/b12-11-/t16-/m1/s1. The fourth-order valence-corrected chi connectivity index (χ4v) is 3.97. The fraction of sp³-hybridized carbons (Fsp3) is 0.889. The van der Waals surface area contributed by atoms with E-state index in [1.165, 1.54) is 0 Å². The highest BCUT2D eigenvalue weighted by Gasteiger charge is 2.41. The number of aliphatic hydroxyl groups is 1. The summed E-state index contributed by atoms with van der Waals surface area (Å²) < 4.78 is 12.9. The van der Waals surface area contributed by atoms with Crippen LogP contribution >= 0.6 is 0 Å². The summed E-state index contributed by atoms with van der Waals surface area (Å²) in [5.74, 6) is 0. The third-order valence-corrected chi connectivity index (χ3v) is 14.4. The van der Waals surface area contributed by atoms with Crippen molar-refractivity contribution >= 4 is 16.6 Å². The molecule has 23 heavy (non-hydrogen) atoms. The number of hydrogen-bond acceptors (Lipinski definition) is 3. The molecule has 0 fully saturated rings. The Morgan fingerprint density at radius 2 is 1.35 bits per heavy atom. The first-order chi connectivity index (χ1) is 10.1. The molecule has 1 N–H and O–H groups in total. The van der Waals surface area contributed by atoms with E-state index in [0.29, 0.717) is 6.61 Å². The summed E-state index contributed by atoms with van der Waals surface area (Å²) >= 11 is 0. The molecule has 0 rings (SSSR count). The van der Waals surface area contributed by atoms with Crippen LogP contribution in [0.4, 0.5) is 0 Å². The lowest BCUT2D eigenvalue weighted by Gasteiger charge is -2.41. The lowest BCUT2D eigenvalue weighted by Crippen LogP contribution is -2.47. The van der Waals surface area contributed by atoms with Crippen molar-refractivity contribution in [3.05, 3.63) is 12.2 Å². The number of hydrogen-bond donors (Lipinski definition) is 1. The first kappa shape index (κ1) is 23.1. The molecule has 3 nitrogen and oxygen atoms in total. The van der Waals surface area contributed by atoms with Crippen molar-refractivity contribution in [1.82, 2.24) is 0 Å². The van der Waals surface area contributed by atoms with Crippen molar-refractivity contribution in [3.63, 3.8) is 0 Å². The Morgan fingerprint density at radius 1 is 0.870 bits per heavy atom. The molecule has 0 aliphatic rings. The molecule has 0 spiro atoms. The van der Waals surface area contributed by atoms with Crippen LogP contribution < -0.4 is 0 Å². The van der Waals surface area contributed by atoms with Gasteiger partial charge >= 0.3 is 0 Å². The zero-order chi connectivity index (χ0) is 18.5. The second-order valence-corrected chi connectivity index (χ2v) is 19.0. The smallest absolute Gasteiger partial charge is 0.192 e. The average molecular weight is 361 g/mol. The molecule has 0 saturated carbocycles. The van der Waals surface area contributed by atoms with Crippen LogP contribution in [0.1, 0.15) is 48.0 Å². The van der Waals surface area contributed by atoms with E-state index in [-0.39, 0.29) is 22.8 Å². The highest BCUT2D eigenvalue weighted by Crippen LogP contribution is 2.39. The molecule has 1 atom stereocenters. The Bertz CT molecular complexity index is 377. The average Bonchev–Trinajstić information content (AvgIpc) is 2.33. The minimum absolute atomic E-state index is 0.0628. The molecule has 0 radical (unpaired) electrons. The molecular weight excluding hydrogens is 320 g/mol. The maximum absolute atomic E-state index is 8.96. The Hall–Kier alpha value is 0.0538. The van der Waals surface area contributed by atoms with Crippen molar-refractivity contribution in [2.45, 2.75) is 90.3 Å². The Balaban J connectivity index is 5.00. The van der Waals surface area contributed by atoms with Crippen molar-refractivity contribution in [2.75, 3.05) is 13.2 Å². The van der Waals surface area contributed by atoms with Crippen LogP contribution in [0, 0.1) is 0 Å². The van der Waals surface area contributed by atoms with Crippen LogP contribution in [0.15, 0.2) is 12.2 Å². The van der Waals surface area contributed by atoms with Gasteiger partial charge in [0.1, 0.15) is 0 Å². The van der Waals surface area contributed by atoms with E-state index in [1.54, 1.807) is 6.08 Å². The topological polar surface area (TPSA) is 38.7 Å². The molecule has 0 aromatic heterocycles. The SMILES string of the molecule is CC(C)(C)[Si](C)(C)OC[C@@H](C/C=C\CO)O[Si](C)(C)C(C)(C)C. The third-order valence-electron chi connectivity index (χ3n) is 5.37. The molecule has 0 aliphatic carbocycles. The van der Waals surface area contributed by atoms with Crippen LogP contribution in [0.2, 0.25) is 36.3 Å². The first-order valence-electron chi connectivity index (χ1n) is 8.72. The van der Waals surface area contributed by atoms with Crippen LogP contribution in [0.3, 0.4) is 0 Å². The zero-order valence-electron chi connectivity index (χ0n) is 17.1. The van der Waals surface area contributed by atoms with Gasteiger partial charge in [0.05, 0.1) is 19.3 Å². The van der Waals surface area contributed by atoms with Crippen molar-refractivity contribution < 1.29 is 14.0 Å². The minimum Gasteiger partial charge on any atom is -0.414 e. The highest BCUT2D eigenvalue weighted by atomic mass is 28.4. The predicted octanol–water partition coefficient (Wildman–Crippen LogP) is 5.34. The Morgan fingerprint density at radius 3 is 1.74 bits per heavy atom. The quantitative estimate of drug-likeness (QED) is 0.469. The highest BCUT2D eigenvalue weighted by molar-refractivity contribution is 6.74. The van der Waals surface area contributed by atoms with Gasteiger partial charge in [0, 0.05) is 0 Å². The lowest BCUT2D eigenvalue weighted by molar-refractivity contribution is 0.109. The van der Waals surface area contributed by atoms with E-state index in [0.717, 1.165) is 6.42 Å². The van der Waals surface area contributed by atoms with Gasteiger partial charge in [0.25, 0.3) is 0 Å². The number of aliphatic hydroxyl groups excluding tert-OH is 1. The van der Waals surface area contributed by atoms with E-state index < -0.39 is 16.6 Å². The normalized spacial score (nSPS) is 16.1. The Labute approximate surface area is 146 Å². The van der Waals surface area contributed by atoms with E-state index >= 15 is 0 Å². The monoisotopic (exact) mass is 360 g/mol. The summed E-state index contributed by atoms with van der Waals surface area (Å²) in [5.41, 5.74) is 0. The molecular formula is C18H40O3Si2. The first-order valence-corrected chi connectivity index (χ1v) is 14.5. The maximum atomic E-state index is 8.96. The van der Waals surface area contributed by atoms with Gasteiger partial charge in [-0.25, -0.2) is 0 Å².